The first-order valence-corrected chi connectivity index (χ1v) is 8.60. The van der Waals surface area contributed by atoms with Gasteiger partial charge in [0.25, 0.3) is 10.0 Å². The highest BCUT2D eigenvalue weighted by Gasteiger charge is 2.38. The fraction of sp³-hybridized carbons (Fsp3) is 0.727. The van der Waals surface area contributed by atoms with E-state index >= 15 is 0 Å². The zero-order valence-corrected chi connectivity index (χ0v) is 13.5. The van der Waals surface area contributed by atoms with Gasteiger partial charge in [-0.15, -0.1) is 0 Å². The van der Waals surface area contributed by atoms with E-state index in [0.29, 0.717) is 18.8 Å². The Morgan fingerprint density at radius 2 is 2.21 bits per heavy atom. The van der Waals surface area contributed by atoms with Crippen molar-refractivity contribution in [2.45, 2.75) is 36.5 Å². The van der Waals surface area contributed by atoms with E-state index in [1.54, 1.807) is 14.0 Å². The monoisotopic (exact) mass is 324 g/mol. The SMILES string of the molecule is COC1(C)CCCN(S(=O)(=O)c2sc(Cl)nc2C)C1. The predicted molar refractivity (Wildman–Crippen MR) is 75.3 cm³/mol. The minimum Gasteiger partial charge on any atom is -0.377 e. The zero-order chi connectivity index (χ0) is 14.3. The van der Waals surface area contributed by atoms with Crippen molar-refractivity contribution >= 4 is 33.0 Å². The topological polar surface area (TPSA) is 59.5 Å². The van der Waals surface area contributed by atoms with Crippen LogP contribution in [0.25, 0.3) is 0 Å². The van der Waals surface area contributed by atoms with Gasteiger partial charge in [0, 0.05) is 20.2 Å². The summed E-state index contributed by atoms with van der Waals surface area (Å²) in [6, 6.07) is 0. The molecule has 2 heterocycles. The summed E-state index contributed by atoms with van der Waals surface area (Å²) in [6.07, 6.45) is 1.65. The minimum atomic E-state index is -3.53. The molecule has 108 valence electrons. The lowest BCUT2D eigenvalue weighted by atomic mass is 9.96. The number of ether oxygens (including phenoxy) is 1. The van der Waals surface area contributed by atoms with Crippen LogP contribution in [0.1, 0.15) is 25.5 Å². The molecule has 0 N–H and O–H groups in total. The van der Waals surface area contributed by atoms with Gasteiger partial charge in [0.1, 0.15) is 0 Å². The Kier molecular flexibility index (Phi) is 4.23. The number of aromatic nitrogens is 1. The van der Waals surface area contributed by atoms with Crippen LogP contribution in [0.3, 0.4) is 0 Å². The van der Waals surface area contributed by atoms with Gasteiger partial charge < -0.3 is 4.74 Å². The highest BCUT2D eigenvalue weighted by molar-refractivity contribution is 7.91. The van der Waals surface area contributed by atoms with Crippen molar-refractivity contribution in [3.63, 3.8) is 0 Å². The molecule has 19 heavy (non-hydrogen) atoms. The molecule has 0 amide bonds. The van der Waals surface area contributed by atoms with Gasteiger partial charge >= 0.3 is 0 Å². The summed E-state index contributed by atoms with van der Waals surface area (Å²) in [6.45, 7) is 4.47. The lowest BCUT2D eigenvalue weighted by Gasteiger charge is -2.38. The maximum atomic E-state index is 12.6. The van der Waals surface area contributed by atoms with Crippen LogP contribution in [0.5, 0.6) is 0 Å². The third kappa shape index (κ3) is 2.95. The highest BCUT2D eigenvalue weighted by Crippen LogP contribution is 2.33. The normalized spacial score (nSPS) is 25.7. The van der Waals surface area contributed by atoms with E-state index in [2.05, 4.69) is 4.98 Å². The molecule has 1 aromatic rings. The second-order valence-corrected chi connectivity index (χ2v) is 8.65. The Balaban J connectivity index is 2.32. The van der Waals surface area contributed by atoms with E-state index in [9.17, 15) is 8.42 Å². The maximum absolute atomic E-state index is 12.6. The first-order valence-electron chi connectivity index (χ1n) is 5.97. The molecule has 5 nitrogen and oxygen atoms in total. The van der Waals surface area contributed by atoms with E-state index in [0.717, 1.165) is 24.2 Å². The van der Waals surface area contributed by atoms with E-state index < -0.39 is 15.6 Å². The molecule has 8 heteroatoms. The van der Waals surface area contributed by atoms with Gasteiger partial charge in [0.15, 0.2) is 8.68 Å². The summed E-state index contributed by atoms with van der Waals surface area (Å²) in [4.78, 5) is 3.98. The van der Waals surface area contributed by atoms with E-state index in [1.807, 2.05) is 6.92 Å². The van der Waals surface area contributed by atoms with Gasteiger partial charge in [-0.2, -0.15) is 4.31 Å². The van der Waals surface area contributed by atoms with E-state index in [4.69, 9.17) is 16.3 Å². The average Bonchev–Trinajstić information content (AvgIpc) is 2.69. The maximum Gasteiger partial charge on any atom is 0.254 e. The lowest BCUT2D eigenvalue weighted by Crippen LogP contribution is -2.49. The fourth-order valence-electron chi connectivity index (χ4n) is 2.24. The van der Waals surface area contributed by atoms with Gasteiger partial charge in [-0.1, -0.05) is 22.9 Å². The van der Waals surface area contributed by atoms with Crippen LogP contribution < -0.4 is 0 Å². The molecule has 0 aromatic carbocycles. The third-order valence-corrected chi connectivity index (χ3v) is 7.11. The van der Waals surface area contributed by atoms with Gasteiger partial charge in [-0.25, -0.2) is 13.4 Å². The molecule has 0 bridgehead atoms. The number of hydrogen-bond donors (Lipinski definition) is 0. The number of rotatable bonds is 3. The molecule has 1 atom stereocenters. The van der Waals surface area contributed by atoms with Crippen LogP contribution in [0, 0.1) is 6.92 Å². The smallest absolute Gasteiger partial charge is 0.254 e. The molecule has 0 spiro atoms. The number of piperidine rings is 1. The Labute approximate surface area is 122 Å². The van der Waals surface area contributed by atoms with Crippen molar-refractivity contribution in [1.82, 2.24) is 9.29 Å². The van der Waals surface area contributed by atoms with Crippen LogP contribution >= 0.6 is 22.9 Å². The lowest BCUT2D eigenvalue weighted by molar-refractivity contribution is -0.0319. The summed E-state index contributed by atoms with van der Waals surface area (Å²) in [5, 5.41) is 0. The number of thiazole rings is 1. The molecule has 0 saturated carbocycles. The summed E-state index contributed by atoms with van der Waals surface area (Å²) in [5.74, 6) is 0. The highest BCUT2D eigenvalue weighted by atomic mass is 35.5. The molecule has 1 aliphatic heterocycles. The molecular formula is C11H17ClN2O3S2. The van der Waals surface area contributed by atoms with Gasteiger partial charge in [-0.3, -0.25) is 0 Å². The molecule has 1 aromatic heterocycles. The van der Waals surface area contributed by atoms with Crippen molar-refractivity contribution in [3.05, 3.63) is 10.2 Å². The standard InChI is InChI=1S/C11H17ClN2O3S2/c1-8-9(18-10(12)13-8)19(15,16)14-6-4-5-11(2,7-14)17-3/h4-7H2,1-3H3. The predicted octanol–water partition coefficient (Wildman–Crippen LogP) is 2.29. The van der Waals surface area contributed by atoms with Gasteiger partial charge in [0.05, 0.1) is 11.3 Å². The number of aryl methyl sites for hydroxylation is 1. The molecule has 0 radical (unpaired) electrons. The summed E-state index contributed by atoms with van der Waals surface area (Å²) in [7, 11) is -1.91. The van der Waals surface area contributed by atoms with Crippen molar-refractivity contribution < 1.29 is 13.2 Å². The molecule has 1 saturated heterocycles. The third-order valence-electron chi connectivity index (χ3n) is 3.42. The largest absolute Gasteiger partial charge is 0.377 e. The zero-order valence-electron chi connectivity index (χ0n) is 11.1. The van der Waals surface area contributed by atoms with Crippen LogP contribution in [0.15, 0.2) is 4.21 Å². The number of nitrogens with zero attached hydrogens (tertiary/aromatic N) is 2. The second-order valence-electron chi connectivity index (χ2n) is 4.94. The van der Waals surface area contributed by atoms with Crippen molar-refractivity contribution in [2.24, 2.45) is 0 Å². The number of methoxy groups -OCH3 is 1. The van der Waals surface area contributed by atoms with Crippen molar-refractivity contribution in [3.8, 4) is 0 Å². The van der Waals surface area contributed by atoms with Crippen LogP contribution in [0.4, 0.5) is 0 Å². The molecule has 1 aliphatic rings. The second kappa shape index (κ2) is 5.29. The minimum absolute atomic E-state index is 0.234. The summed E-state index contributed by atoms with van der Waals surface area (Å²) in [5.41, 5.74) is 0.0351. The van der Waals surface area contributed by atoms with Crippen molar-refractivity contribution in [1.29, 1.82) is 0 Å². The molecular weight excluding hydrogens is 308 g/mol. The first kappa shape index (κ1) is 15.2. The first-order chi connectivity index (χ1) is 8.78. The molecule has 1 fully saturated rings. The Bertz CT molecular complexity index is 572. The Morgan fingerprint density at radius 1 is 1.53 bits per heavy atom. The molecule has 2 rings (SSSR count). The number of halogens is 1. The summed E-state index contributed by atoms with van der Waals surface area (Å²) >= 11 is 6.80. The van der Waals surface area contributed by atoms with Crippen LogP contribution in [0.2, 0.25) is 4.47 Å². The van der Waals surface area contributed by atoms with Crippen molar-refractivity contribution in [2.75, 3.05) is 20.2 Å². The van der Waals surface area contributed by atoms with Crippen LogP contribution in [-0.4, -0.2) is 43.5 Å². The fourth-order valence-corrected chi connectivity index (χ4v) is 5.70. The van der Waals surface area contributed by atoms with Gasteiger partial charge in [-0.05, 0) is 26.7 Å². The Hall–Kier alpha value is -0.210. The Morgan fingerprint density at radius 3 is 2.74 bits per heavy atom. The van der Waals surface area contributed by atoms with E-state index in [-0.39, 0.29) is 8.68 Å². The molecule has 0 aliphatic carbocycles. The number of sulfonamides is 1. The summed E-state index contributed by atoms with van der Waals surface area (Å²) < 4.78 is 32.6. The number of hydrogen-bond acceptors (Lipinski definition) is 5. The van der Waals surface area contributed by atoms with Gasteiger partial charge in [0.2, 0.25) is 0 Å². The molecule has 1 unspecified atom stereocenters. The van der Waals surface area contributed by atoms with E-state index in [1.165, 1.54) is 4.31 Å². The quantitative estimate of drug-likeness (QED) is 0.856. The van der Waals surface area contributed by atoms with Crippen LogP contribution in [-0.2, 0) is 14.8 Å². The average molecular weight is 325 g/mol.